The average Bonchev–Trinajstić information content (AvgIpc) is 2.82. The van der Waals surface area contributed by atoms with Gasteiger partial charge < -0.3 is 10.6 Å². The number of amides is 1. The third-order valence-corrected chi connectivity index (χ3v) is 2.96. The van der Waals surface area contributed by atoms with Crippen molar-refractivity contribution >= 4 is 11.6 Å². The molecule has 1 aliphatic rings. The third-order valence-electron chi connectivity index (χ3n) is 2.96. The molecule has 2 rings (SSSR count). The van der Waals surface area contributed by atoms with Gasteiger partial charge in [-0.2, -0.15) is 0 Å². The van der Waals surface area contributed by atoms with Gasteiger partial charge in [-0.3, -0.25) is 14.9 Å². The number of para-hydroxylation sites is 1. The highest BCUT2D eigenvalue weighted by molar-refractivity contribution is 5.80. The zero-order chi connectivity index (χ0) is 13.0. The molecule has 0 saturated carbocycles. The number of nitro benzene ring substituents is 1. The van der Waals surface area contributed by atoms with Crippen LogP contribution in [0.1, 0.15) is 12.0 Å². The van der Waals surface area contributed by atoms with Crippen molar-refractivity contribution in [2.75, 3.05) is 13.1 Å². The summed E-state index contributed by atoms with van der Waals surface area (Å²) in [5.74, 6) is -0.169. The molecule has 1 atom stereocenters. The zero-order valence-corrected chi connectivity index (χ0v) is 9.89. The van der Waals surface area contributed by atoms with Crippen molar-refractivity contribution < 1.29 is 9.72 Å². The highest BCUT2D eigenvalue weighted by atomic mass is 16.6. The molecule has 0 radical (unpaired) electrons. The van der Waals surface area contributed by atoms with Crippen molar-refractivity contribution in [3.63, 3.8) is 0 Å². The fourth-order valence-electron chi connectivity index (χ4n) is 2.07. The lowest BCUT2D eigenvalue weighted by Crippen LogP contribution is -2.37. The fourth-order valence-corrected chi connectivity index (χ4v) is 2.07. The molecule has 6 heteroatoms. The summed E-state index contributed by atoms with van der Waals surface area (Å²) in [6.45, 7) is 1.67. The molecule has 0 aromatic heterocycles. The van der Waals surface area contributed by atoms with Crippen LogP contribution in [0.25, 0.3) is 0 Å². The Balaban J connectivity index is 2.00. The Morgan fingerprint density at radius 1 is 1.50 bits per heavy atom. The van der Waals surface area contributed by atoms with Gasteiger partial charge in [-0.15, -0.1) is 0 Å². The molecule has 1 heterocycles. The molecule has 18 heavy (non-hydrogen) atoms. The first-order valence-corrected chi connectivity index (χ1v) is 5.89. The fraction of sp³-hybridized carbons (Fsp3) is 0.417. The van der Waals surface area contributed by atoms with E-state index < -0.39 is 4.92 Å². The van der Waals surface area contributed by atoms with Crippen molar-refractivity contribution in [1.82, 2.24) is 10.6 Å². The van der Waals surface area contributed by atoms with Gasteiger partial charge >= 0.3 is 0 Å². The number of nitrogens with zero attached hydrogens (tertiary/aromatic N) is 1. The lowest BCUT2D eigenvalue weighted by molar-refractivity contribution is -0.385. The van der Waals surface area contributed by atoms with E-state index in [2.05, 4.69) is 10.6 Å². The minimum absolute atomic E-state index is 0.00260. The first-order valence-electron chi connectivity index (χ1n) is 5.89. The van der Waals surface area contributed by atoms with E-state index in [1.54, 1.807) is 18.2 Å². The van der Waals surface area contributed by atoms with E-state index in [1.807, 2.05) is 0 Å². The Labute approximate surface area is 105 Å². The maximum atomic E-state index is 11.8. The van der Waals surface area contributed by atoms with E-state index in [0.717, 1.165) is 19.5 Å². The normalized spacial score (nSPS) is 18.6. The van der Waals surface area contributed by atoms with Crippen LogP contribution in [0.4, 0.5) is 5.69 Å². The summed E-state index contributed by atoms with van der Waals surface area (Å²) >= 11 is 0. The molecule has 0 unspecified atom stereocenters. The van der Waals surface area contributed by atoms with Gasteiger partial charge in [0, 0.05) is 24.2 Å². The van der Waals surface area contributed by atoms with Crippen molar-refractivity contribution in [3.8, 4) is 0 Å². The van der Waals surface area contributed by atoms with Gasteiger partial charge in [0.25, 0.3) is 5.69 Å². The lowest BCUT2D eigenvalue weighted by Gasteiger charge is -2.11. The molecule has 1 aromatic carbocycles. The number of carbonyl (C=O) groups is 1. The number of nitrogens with one attached hydrogen (secondary N) is 2. The summed E-state index contributed by atoms with van der Waals surface area (Å²) in [6, 6.07) is 6.47. The number of carbonyl (C=O) groups excluding carboxylic acids is 1. The van der Waals surface area contributed by atoms with Crippen molar-refractivity contribution in [1.29, 1.82) is 0 Å². The van der Waals surface area contributed by atoms with E-state index in [0.29, 0.717) is 5.56 Å². The first kappa shape index (κ1) is 12.5. The highest BCUT2D eigenvalue weighted by Gasteiger charge is 2.19. The van der Waals surface area contributed by atoms with Gasteiger partial charge in [0.15, 0.2) is 0 Å². The average molecular weight is 249 g/mol. The molecule has 1 saturated heterocycles. The number of benzene rings is 1. The third kappa shape index (κ3) is 3.04. The molecule has 0 spiro atoms. The predicted octanol–water partition coefficient (Wildman–Crippen LogP) is 0.615. The first-order chi connectivity index (χ1) is 8.66. The Bertz CT molecular complexity index is 456. The number of nitro groups is 1. The monoisotopic (exact) mass is 249 g/mol. The molecule has 1 fully saturated rings. The highest BCUT2D eigenvalue weighted by Crippen LogP contribution is 2.18. The SMILES string of the molecule is O=C(Cc1ccccc1[N+](=O)[O-])N[C@H]1CCNC1. The smallest absolute Gasteiger partial charge is 0.273 e. The second kappa shape index (κ2) is 5.59. The summed E-state index contributed by atoms with van der Waals surface area (Å²) in [4.78, 5) is 22.1. The van der Waals surface area contributed by atoms with E-state index in [4.69, 9.17) is 0 Å². The van der Waals surface area contributed by atoms with Crippen molar-refractivity contribution in [2.24, 2.45) is 0 Å². The van der Waals surface area contributed by atoms with Crippen LogP contribution in [0, 0.1) is 10.1 Å². The standard InChI is InChI=1S/C12H15N3O3/c16-12(14-10-5-6-13-8-10)7-9-3-1-2-4-11(9)15(17)18/h1-4,10,13H,5-8H2,(H,14,16)/t10-/m0/s1. The molecule has 1 aliphatic heterocycles. The summed E-state index contributed by atoms with van der Waals surface area (Å²) in [6.07, 6.45) is 0.955. The number of rotatable bonds is 4. The second-order valence-electron chi connectivity index (χ2n) is 4.32. The lowest BCUT2D eigenvalue weighted by atomic mass is 10.1. The van der Waals surface area contributed by atoms with Crippen molar-refractivity contribution in [2.45, 2.75) is 18.9 Å². The molecule has 0 bridgehead atoms. The minimum atomic E-state index is -0.459. The largest absolute Gasteiger partial charge is 0.352 e. The van der Waals surface area contributed by atoms with Crippen LogP contribution < -0.4 is 10.6 Å². The van der Waals surface area contributed by atoms with Gasteiger partial charge in [0.1, 0.15) is 0 Å². The molecule has 6 nitrogen and oxygen atoms in total. The molecule has 96 valence electrons. The summed E-state index contributed by atoms with van der Waals surface area (Å²) in [5.41, 5.74) is 0.447. The maximum Gasteiger partial charge on any atom is 0.273 e. The van der Waals surface area contributed by atoms with Gasteiger partial charge in [0.2, 0.25) is 5.91 Å². The number of hydrogen-bond donors (Lipinski definition) is 2. The van der Waals surface area contributed by atoms with Gasteiger partial charge in [0.05, 0.1) is 11.3 Å². The minimum Gasteiger partial charge on any atom is -0.352 e. The van der Waals surface area contributed by atoms with Gasteiger partial charge in [-0.1, -0.05) is 18.2 Å². The van der Waals surface area contributed by atoms with E-state index in [9.17, 15) is 14.9 Å². The molecule has 1 aromatic rings. The van der Waals surface area contributed by atoms with Gasteiger partial charge in [-0.05, 0) is 13.0 Å². The van der Waals surface area contributed by atoms with E-state index in [1.165, 1.54) is 6.07 Å². The Morgan fingerprint density at radius 3 is 2.94 bits per heavy atom. The Kier molecular flexibility index (Phi) is 3.88. The summed E-state index contributed by atoms with van der Waals surface area (Å²) in [5, 5.41) is 16.8. The Hall–Kier alpha value is -1.95. The van der Waals surface area contributed by atoms with Crippen LogP contribution in [-0.2, 0) is 11.2 Å². The zero-order valence-electron chi connectivity index (χ0n) is 9.89. The van der Waals surface area contributed by atoms with Crippen LogP contribution >= 0.6 is 0 Å². The number of hydrogen-bond acceptors (Lipinski definition) is 4. The molecule has 1 amide bonds. The summed E-state index contributed by atoms with van der Waals surface area (Å²) in [7, 11) is 0. The van der Waals surface area contributed by atoms with E-state index in [-0.39, 0.29) is 24.1 Å². The molecular weight excluding hydrogens is 234 g/mol. The van der Waals surface area contributed by atoms with Crippen LogP contribution in [0.2, 0.25) is 0 Å². The van der Waals surface area contributed by atoms with Crippen LogP contribution in [0.15, 0.2) is 24.3 Å². The quantitative estimate of drug-likeness (QED) is 0.605. The van der Waals surface area contributed by atoms with Crippen LogP contribution in [0.3, 0.4) is 0 Å². The van der Waals surface area contributed by atoms with Crippen LogP contribution in [-0.4, -0.2) is 30.0 Å². The van der Waals surface area contributed by atoms with E-state index >= 15 is 0 Å². The molecular formula is C12H15N3O3. The van der Waals surface area contributed by atoms with Gasteiger partial charge in [-0.25, -0.2) is 0 Å². The topological polar surface area (TPSA) is 84.3 Å². The summed E-state index contributed by atoms with van der Waals surface area (Å²) < 4.78 is 0. The second-order valence-corrected chi connectivity index (χ2v) is 4.32. The van der Waals surface area contributed by atoms with Crippen molar-refractivity contribution in [3.05, 3.63) is 39.9 Å². The maximum absolute atomic E-state index is 11.8. The molecule has 2 N–H and O–H groups in total. The molecule has 0 aliphatic carbocycles. The predicted molar refractivity (Wildman–Crippen MR) is 66.2 cm³/mol. The van der Waals surface area contributed by atoms with Crippen LogP contribution in [0.5, 0.6) is 0 Å². The Morgan fingerprint density at radius 2 is 2.28 bits per heavy atom.